The summed E-state index contributed by atoms with van der Waals surface area (Å²) in [6.07, 6.45) is 7.76. The number of hydrogen-bond acceptors (Lipinski definition) is 5. The van der Waals surface area contributed by atoms with E-state index in [4.69, 9.17) is 4.74 Å². The summed E-state index contributed by atoms with van der Waals surface area (Å²) in [5, 5.41) is 0. The average molecular weight is 429 g/mol. The van der Waals surface area contributed by atoms with Crippen LogP contribution in [0, 0.1) is 29.6 Å². The first-order valence-electron chi connectivity index (χ1n) is 11.9. The molecule has 0 atom stereocenters. The maximum Gasteiger partial charge on any atom is 0.330 e. The Morgan fingerprint density at radius 2 is 1.74 bits per heavy atom. The van der Waals surface area contributed by atoms with Crippen LogP contribution < -0.4 is 11.2 Å². The van der Waals surface area contributed by atoms with E-state index in [2.05, 4.69) is 9.97 Å². The third-order valence-electron chi connectivity index (χ3n) is 7.86. The number of aromatic nitrogens is 4. The lowest BCUT2D eigenvalue weighted by Gasteiger charge is -2.53. The van der Waals surface area contributed by atoms with Crippen LogP contribution in [0.25, 0.3) is 11.2 Å². The lowest BCUT2D eigenvalue weighted by molar-refractivity contribution is -0.164. The van der Waals surface area contributed by atoms with Crippen molar-refractivity contribution in [1.82, 2.24) is 19.1 Å². The minimum absolute atomic E-state index is 0.0124. The van der Waals surface area contributed by atoms with Gasteiger partial charge in [-0.1, -0.05) is 13.3 Å². The lowest BCUT2D eigenvalue weighted by atomic mass is 9.52. The topological polar surface area (TPSA) is 99.0 Å². The first-order valence-corrected chi connectivity index (χ1v) is 11.9. The van der Waals surface area contributed by atoms with Gasteiger partial charge in [-0.25, -0.2) is 9.78 Å². The van der Waals surface area contributed by atoms with Crippen molar-refractivity contribution < 1.29 is 9.53 Å². The van der Waals surface area contributed by atoms with Gasteiger partial charge >= 0.3 is 11.7 Å². The Bertz CT molecular complexity index is 1080. The van der Waals surface area contributed by atoms with Gasteiger partial charge in [0.2, 0.25) is 0 Å². The van der Waals surface area contributed by atoms with Crippen LogP contribution >= 0.6 is 0 Å². The number of nitrogens with one attached hydrogen (secondary N) is 1. The van der Waals surface area contributed by atoms with Crippen LogP contribution in [-0.4, -0.2) is 25.1 Å². The zero-order valence-electron chi connectivity index (χ0n) is 18.4. The van der Waals surface area contributed by atoms with Crippen LogP contribution in [-0.2, 0) is 29.2 Å². The number of rotatable bonds is 7. The number of nitrogens with zero attached hydrogens (tertiary/aromatic N) is 3. The molecule has 8 nitrogen and oxygen atoms in total. The molecule has 0 saturated heterocycles. The molecular weight excluding hydrogens is 396 g/mol. The summed E-state index contributed by atoms with van der Waals surface area (Å²) in [7, 11) is 0. The first-order chi connectivity index (χ1) is 15.0. The highest BCUT2D eigenvalue weighted by atomic mass is 16.5. The molecule has 4 fully saturated rings. The van der Waals surface area contributed by atoms with E-state index in [0.29, 0.717) is 41.9 Å². The van der Waals surface area contributed by atoms with Crippen LogP contribution in [0.3, 0.4) is 0 Å². The number of ether oxygens (including phenoxy) is 1. The van der Waals surface area contributed by atoms with E-state index < -0.39 is 11.2 Å². The van der Waals surface area contributed by atoms with E-state index in [-0.39, 0.29) is 18.5 Å². The third kappa shape index (κ3) is 3.44. The van der Waals surface area contributed by atoms with Crippen LogP contribution in [0.2, 0.25) is 0 Å². The van der Waals surface area contributed by atoms with E-state index >= 15 is 0 Å². The molecule has 0 aliphatic heterocycles. The number of aryl methyl sites for hydroxylation is 2. The molecule has 0 spiro atoms. The molecule has 6 rings (SSSR count). The van der Waals surface area contributed by atoms with Crippen molar-refractivity contribution in [3.05, 3.63) is 26.7 Å². The Morgan fingerprint density at radius 1 is 1.06 bits per heavy atom. The van der Waals surface area contributed by atoms with Gasteiger partial charge in [-0.05, 0) is 69.1 Å². The number of aromatic amines is 1. The monoisotopic (exact) mass is 428 g/mol. The summed E-state index contributed by atoms with van der Waals surface area (Å²) >= 11 is 0. The Kier molecular flexibility index (Phi) is 5.26. The number of carbonyl (C=O) groups excluding carboxylic acids is 1. The molecule has 0 amide bonds. The molecule has 2 heterocycles. The van der Waals surface area contributed by atoms with Crippen LogP contribution in [0.5, 0.6) is 0 Å². The molecule has 0 aromatic carbocycles. The minimum Gasteiger partial charge on any atom is -0.457 e. The van der Waals surface area contributed by atoms with Crippen molar-refractivity contribution in [2.75, 3.05) is 0 Å². The van der Waals surface area contributed by atoms with E-state index in [1.165, 1.54) is 36.7 Å². The van der Waals surface area contributed by atoms with Crippen molar-refractivity contribution in [2.45, 2.75) is 78.5 Å². The van der Waals surface area contributed by atoms with Gasteiger partial charge in [0.05, 0.1) is 5.92 Å². The summed E-state index contributed by atoms with van der Waals surface area (Å²) in [6, 6.07) is 0. The SMILES string of the molecule is CCCCn1c(=O)[nH]c(=O)c2c1nc(COC(=O)C1C3CC4CC(C3)CC1C4)n2CC. The van der Waals surface area contributed by atoms with Gasteiger partial charge in [0.15, 0.2) is 11.2 Å². The predicted molar refractivity (Wildman–Crippen MR) is 116 cm³/mol. The standard InChI is InChI=1S/C23H32N4O4/c1-3-5-6-27-20-19(21(28)25-23(27)30)26(4-2)17(24-20)12-31-22(29)18-15-8-13-7-14(10-15)11-16(18)9-13/h13-16,18H,3-12H2,1-2H3,(H,25,28,30). The maximum absolute atomic E-state index is 13.1. The maximum atomic E-state index is 13.1. The molecule has 1 N–H and O–H groups in total. The highest BCUT2D eigenvalue weighted by Crippen LogP contribution is 2.56. The summed E-state index contributed by atoms with van der Waals surface area (Å²) in [5.41, 5.74) is -0.131. The van der Waals surface area contributed by atoms with Crippen LogP contribution in [0.1, 0.15) is 64.6 Å². The second-order valence-corrected chi connectivity index (χ2v) is 9.77. The number of fused-ring (bicyclic) bond motifs is 1. The average Bonchev–Trinajstić information content (AvgIpc) is 3.10. The largest absolute Gasteiger partial charge is 0.457 e. The fourth-order valence-corrected chi connectivity index (χ4v) is 6.73. The first kappa shape index (κ1) is 20.5. The van der Waals surface area contributed by atoms with Gasteiger partial charge in [-0.3, -0.25) is 19.1 Å². The lowest BCUT2D eigenvalue weighted by Crippen LogP contribution is -2.48. The number of esters is 1. The number of imidazole rings is 1. The Hall–Kier alpha value is -2.38. The van der Waals surface area contributed by atoms with E-state index in [9.17, 15) is 14.4 Å². The summed E-state index contributed by atoms with van der Waals surface area (Å²) in [5.74, 6) is 2.98. The molecule has 0 unspecified atom stereocenters. The molecule has 168 valence electrons. The van der Waals surface area contributed by atoms with E-state index in [1.807, 2.05) is 13.8 Å². The number of carbonyl (C=O) groups is 1. The number of hydrogen-bond donors (Lipinski definition) is 1. The van der Waals surface area contributed by atoms with Gasteiger partial charge < -0.3 is 9.30 Å². The van der Waals surface area contributed by atoms with Gasteiger partial charge in [0, 0.05) is 13.1 Å². The molecule has 0 radical (unpaired) electrons. The van der Waals surface area contributed by atoms with Crippen molar-refractivity contribution >= 4 is 17.1 Å². The van der Waals surface area contributed by atoms with Gasteiger partial charge in [-0.15, -0.1) is 0 Å². The molecule has 31 heavy (non-hydrogen) atoms. The van der Waals surface area contributed by atoms with Gasteiger partial charge in [0.25, 0.3) is 5.56 Å². The summed E-state index contributed by atoms with van der Waals surface area (Å²) in [4.78, 5) is 45.0. The quantitative estimate of drug-likeness (QED) is 0.684. The highest BCUT2D eigenvalue weighted by molar-refractivity contribution is 5.74. The molecule has 4 bridgehead atoms. The highest BCUT2D eigenvalue weighted by Gasteiger charge is 2.51. The molecular formula is C23H32N4O4. The Balaban J connectivity index is 1.40. The van der Waals surface area contributed by atoms with E-state index in [1.54, 1.807) is 4.57 Å². The van der Waals surface area contributed by atoms with Crippen molar-refractivity contribution in [3.8, 4) is 0 Å². The second kappa shape index (κ2) is 7.95. The van der Waals surface area contributed by atoms with Crippen LogP contribution in [0.4, 0.5) is 0 Å². The third-order valence-corrected chi connectivity index (χ3v) is 7.86. The van der Waals surface area contributed by atoms with Crippen molar-refractivity contribution in [1.29, 1.82) is 0 Å². The zero-order chi connectivity index (χ0) is 21.7. The van der Waals surface area contributed by atoms with Gasteiger partial charge in [0.1, 0.15) is 12.4 Å². The predicted octanol–water partition coefficient (Wildman–Crippen LogP) is 2.82. The van der Waals surface area contributed by atoms with E-state index in [0.717, 1.165) is 24.7 Å². The molecule has 2 aromatic heterocycles. The summed E-state index contributed by atoms with van der Waals surface area (Å²) < 4.78 is 9.08. The molecule has 4 aliphatic carbocycles. The summed E-state index contributed by atoms with van der Waals surface area (Å²) in [6.45, 7) is 5.01. The molecule has 4 saturated carbocycles. The van der Waals surface area contributed by atoms with Crippen molar-refractivity contribution in [2.24, 2.45) is 29.6 Å². The van der Waals surface area contributed by atoms with Gasteiger partial charge in [-0.2, -0.15) is 0 Å². The smallest absolute Gasteiger partial charge is 0.330 e. The number of unbranched alkanes of at least 4 members (excludes halogenated alkanes) is 1. The molecule has 2 aromatic rings. The second-order valence-electron chi connectivity index (χ2n) is 9.77. The fourth-order valence-electron chi connectivity index (χ4n) is 6.73. The normalized spacial score (nSPS) is 29.0. The van der Waals surface area contributed by atoms with Crippen molar-refractivity contribution in [3.63, 3.8) is 0 Å². The zero-order valence-corrected chi connectivity index (χ0v) is 18.4. The number of H-pyrrole nitrogens is 1. The van der Waals surface area contributed by atoms with Crippen LogP contribution in [0.15, 0.2) is 9.59 Å². The molecule has 4 aliphatic rings. The Morgan fingerprint density at radius 3 is 2.35 bits per heavy atom. The minimum atomic E-state index is -0.444. The fraction of sp³-hybridized carbons (Fsp3) is 0.739. The molecule has 8 heteroatoms. The Labute approximate surface area is 181 Å².